The molecule has 3 aromatic rings. The average Bonchev–Trinajstić information content (AvgIpc) is 3.37. The first-order valence-electron chi connectivity index (χ1n) is 9.85. The van der Waals surface area contributed by atoms with Gasteiger partial charge in [-0.05, 0) is 48.2 Å². The number of halogens is 1. The van der Waals surface area contributed by atoms with Gasteiger partial charge in [-0.25, -0.2) is 4.68 Å². The van der Waals surface area contributed by atoms with Crippen LogP contribution in [0.25, 0.3) is 0 Å². The number of thiophene rings is 1. The number of piperazine rings is 1. The first kappa shape index (κ1) is 21.9. The van der Waals surface area contributed by atoms with Crippen molar-refractivity contribution >= 4 is 23.7 Å². The summed E-state index contributed by atoms with van der Waals surface area (Å²) in [7, 11) is 0. The molecule has 156 valence electrons. The molecule has 1 aromatic carbocycles. The van der Waals surface area contributed by atoms with Crippen LogP contribution in [0.2, 0.25) is 0 Å². The molecule has 0 aliphatic carbocycles. The van der Waals surface area contributed by atoms with Crippen LogP contribution < -0.4 is 0 Å². The molecule has 1 fully saturated rings. The van der Waals surface area contributed by atoms with E-state index in [1.165, 1.54) is 10.4 Å². The SMILES string of the molecule is CC(C)(C)n1nnnc1C(c1cccs1)N1CCN(Cc2ccccc2)CC1.Cl. The third kappa shape index (κ3) is 5.04. The predicted molar refractivity (Wildman–Crippen MR) is 120 cm³/mol. The Labute approximate surface area is 182 Å². The standard InChI is InChI=1S/C21H28N6S.ClH/c1-21(2,3)27-20(22-23-24-27)19(18-10-7-15-28-18)26-13-11-25(12-14-26)16-17-8-5-4-6-9-17;/h4-10,15,19H,11-14,16H2,1-3H3;1H. The molecule has 2 aromatic heterocycles. The van der Waals surface area contributed by atoms with Gasteiger partial charge >= 0.3 is 0 Å². The molecule has 1 aliphatic heterocycles. The first-order valence-corrected chi connectivity index (χ1v) is 10.7. The third-order valence-electron chi connectivity index (χ3n) is 5.21. The van der Waals surface area contributed by atoms with Crippen LogP contribution in [0.4, 0.5) is 0 Å². The molecule has 1 atom stereocenters. The van der Waals surface area contributed by atoms with E-state index in [2.05, 4.69) is 93.9 Å². The summed E-state index contributed by atoms with van der Waals surface area (Å²) < 4.78 is 1.98. The highest BCUT2D eigenvalue weighted by atomic mass is 35.5. The number of benzene rings is 1. The van der Waals surface area contributed by atoms with E-state index in [9.17, 15) is 0 Å². The van der Waals surface area contributed by atoms with Gasteiger partial charge in [-0.2, -0.15) is 0 Å². The minimum Gasteiger partial charge on any atom is -0.297 e. The van der Waals surface area contributed by atoms with Gasteiger partial charge in [0.2, 0.25) is 0 Å². The number of hydrogen-bond acceptors (Lipinski definition) is 6. The average molecular weight is 433 g/mol. The Bertz CT molecular complexity index is 866. The summed E-state index contributed by atoms with van der Waals surface area (Å²) in [4.78, 5) is 6.36. The fourth-order valence-electron chi connectivity index (χ4n) is 3.78. The molecule has 0 spiro atoms. The molecule has 0 bridgehead atoms. The second kappa shape index (κ2) is 9.34. The van der Waals surface area contributed by atoms with Crippen LogP contribution in [0.5, 0.6) is 0 Å². The van der Waals surface area contributed by atoms with E-state index >= 15 is 0 Å². The van der Waals surface area contributed by atoms with Crippen LogP contribution in [-0.2, 0) is 12.1 Å². The molecule has 1 aliphatic rings. The summed E-state index contributed by atoms with van der Waals surface area (Å²) in [6.45, 7) is 11.6. The van der Waals surface area contributed by atoms with E-state index in [4.69, 9.17) is 0 Å². The zero-order valence-corrected chi connectivity index (χ0v) is 18.9. The molecule has 29 heavy (non-hydrogen) atoms. The van der Waals surface area contributed by atoms with Crippen molar-refractivity contribution in [2.75, 3.05) is 26.2 Å². The van der Waals surface area contributed by atoms with Gasteiger partial charge in [-0.15, -0.1) is 28.8 Å². The molecule has 1 saturated heterocycles. The van der Waals surface area contributed by atoms with Crippen molar-refractivity contribution in [3.63, 3.8) is 0 Å². The lowest BCUT2D eigenvalue weighted by Crippen LogP contribution is -2.48. The molecule has 0 amide bonds. The van der Waals surface area contributed by atoms with Crippen LogP contribution in [0, 0.1) is 0 Å². The summed E-state index contributed by atoms with van der Waals surface area (Å²) in [6, 6.07) is 15.1. The van der Waals surface area contributed by atoms with Crippen LogP contribution in [0.1, 0.15) is 43.1 Å². The molecule has 0 radical (unpaired) electrons. The zero-order valence-electron chi connectivity index (χ0n) is 17.2. The monoisotopic (exact) mass is 432 g/mol. The first-order chi connectivity index (χ1) is 13.5. The van der Waals surface area contributed by atoms with Crippen molar-refractivity contribution in [2.24, 2.45) is 0 Å². The van der Waals surface area contributed by atoms with Crippen molar-refractivity contribution < 1.29 is 0 Å². The Morgan fingerprint density at radius 1 is 1.00 bits per heavy atom. The molecular formula is C21H29ClN6S. The quantitative estimate of drug-likeness (QED) is 0.613. The van der Waals surface area contributed by atoms with Crippen molar-refractivity contribution in [1.82, 2.24) is 30.0 Å². The maximum Gasteiger partial charge on any atom is 0.174 e. The predicted octanol–water partition coefficient (Wildman–Crippen LogP) is 3.82. The van der Waals surface area contributed by atoms with Gasteiger partial charge in [0.1, 0.15) is 6.04 Å². The maximum absolute atomic E-state index is 4.45. The lowest BCUT2D eigenvalue weighted by molar-refractivity contribution is 0.0991. The van der Waals surface area contributed by atoms with E-state index in [1.807, 2.05) is 4.68 Å². The van der Waals surface area contributed by atoms with Crippen LogP contribution >= 0.6 is 23.7 Å². The Morgan fingerprint density at radius 2 is 1.72 bits per heavy atom. The second-order valence-electron chi connectivity index (χ2n) is 8.34. The summed E-state index contributed by atoms with van der Waals surface area (Å²) >= 11 is 1.78. The largest absolute Gasteiger partial charge is 0.297 e. The van der Waals surface area contributed by atoms with Crippen molar-refractivity contribution in [2.45, 2.75) is 38.9 Å². The van der Waals surface area contributed by atoms with E-state index in [0.717, 1.165) is 38.5 Å². The summed E-state index contributed by atoms with van der Waals surface area (Å²) in [5.41, 5.74) is 1.23. The van der Waals surface area contributed by atoms with Gasteiger partial charge in [0, 0.05) is 37.6 Å². The van der Waals surface area contributed by atoms with E-state index < -0.39 is 0 Å². The van der Waals surface area contributed by atoms with E-state index in [1.54, 1.807) is 11.3 Å². The molecular weight excluding hydrogens is 404 g/mol. The molecule has 0 N–H and O–H groups in total. The van der Waals surface area contributed by atoms with Gasteiger partial charge in [0.25, 0.3) is 0 Å². The van der Waals surface area contributed by atoms with Crippen molar-refractivity contribution in [3.05, 3.63) is 64.1 Å². The fourth-order valence-corrected chi connectivity index (χ4v) is 4.64. The topological polar surface area (TPSA) is 50.1 Å². The highest BCUT2D eigenvalue weighted by Gasteiger charge is 2.33. The van der Waals surface area contributed by atoms with Crippen molar-refractivity contribution in [1.29, 1.82) is 0 Å². The molecule has 0 saturated carbocycles. The Hall–Kier alpha value is -1.80. The van der Waals surface area contributed by atoms with Gasteiger partial charge in [-0.1, -0.05) is 36.4 Å². The second-order valence-corrected chi connectivity index (χ2v) is 9.31. The maximum atomic E-state index is 4.45. The lowest BCUT2D eigenvalue weighted by atomic mass is 10.1. The third-order valence-corrected chi connectivity index (χ3v) is 6.13. The molecule has 1 unspecified atom stereocenters. The number of aromatic nitrogens is 4. The normalized spacial score (nSPS) is 17.1. The Morgan fingerprint density at radius 3 is 2.34 bits per heavy atom. The number of tetrazole rings is 1. The van der Waals surface area contributed by atoms with Gasteiger partial charge in [-0.3, -0.25) is 9.80 Å². The number of nitrogens with zero attached hydrogens (tertiary/aromatic N) is 6. The van der Waals surface area contributed by atoms with Gasteiger partial charge in [0.05, 0.1) is 5.54 Å². The smallest absolute Gasteiger partial charge is 0.174 e. The minimum absolute atomic E-state index is 0. The van der Waals surface area contributed by atoms with E-state index in [-0.39, 0.29) is 24.0 Å². The summed E-state index contributed by atoms with van der Waals surface area (Å²) in [6.07, 6.45) is 0. The van der Waals surface area contributed by atoms with Crippen molar-refractivity contribution in [3.8, 4) is 0 Å². The van der Waals surface area contributed by atoms with E-state index in [0.29, 0.717) is 0 Å². The van der Waals surface area contributed by atoms with Crippen LogP contribution in [0.3, 0.4) is 0 Å². The number of rotatable bonds is 5. The van der Waals surface area contributed by atoms with Gasteiger partial charge in [0.15, 0.2) is 5.82 Å². The molecule has 6 nitrogen and oxygen atoms in total. The van der Waals surface area contributed by atoms with Crippen LogP contribution in [0.15, 0.2) is 47.8 Å². The summed E-state index contributed by atoms with van der Waals surface area (Å²) in [5, 5.41) is 14.9. The summed E-state index contributed by atoms with van der Waals surface area (Å²) in [5.74, 6) is 0.937. The Balaban J connectivity index is 0.00000240. The Kier molecular flexibility index (Phi) is 7.05. The number of hydrogen-bond donors (Lipinski definition) is 0. The highest BCUT2D eigenvalue weighted by molar-refractivity contribution is 7.10. The molecule has 3 heterocycles. The lowest BCUT2D eigenvalue weighted by Gasteiger charge is -2.39. The molecule has 8 heteroatoms. The zero-order chi connectivity index (χ0) is 19.6. The minimum atomic E-state index is -0.149. The van der Waals surface area contributed by atoms with Crippen LogP contribution in [-0.4, -0.2) is 56.2 Å². The fraction of sp³-hybridized carbons (Fsp3) is 0.476. The molecule has 4 rings (SSSR count). The highest BCUT2D eigenvalue weighted by Crippen LogP contribution is 2.33. The van der Waals surface area contributed by atoms with Gasteiger partial charge < -0.3 is 0 Å².